The summed E-state index contributed by atoms with van der Waals surface area (Å²) in [6.07, 6.45) is 0.800. The molecule has 0 saturated heterocycles. The Bertz CT molecular complexity index is 545. The van der Waals surface area contributed by atoms with Crippen molar-refractivity contribution in [2.45, 2.75) is 6.54 Å². The van der Waals surface area contributed by atoms with Crippen LogP contribution >= 0.6 is 0 Å². The van der Waals surface area contributed by atoms with Crippen molar-refractivity contribution >= 4 is 17.6 Å². The van der Waals surface area contributed by atoms with Crippen molar-refractivity contribution in [2.24, 2.45) is 0 Å². The van der Waals surface area contributed by atoms with Gasteiger partial charge in [-0.15, -0.1) is 0 Å². The molecule has 0 bridgehead atoms. The van der Waals surface area contributed by atoms with Gasteiger partial charge in [-0.2, -0.15) is 0 Å². The molecule has 1 N–H and O–H groups in total. The molecule has 0 aliphatic carbocycles. The molecule has 0 aromatic carbocycles. The fraction of sp³-hybridized carbons (Fsp3) is 0.333. The number of hydrogen-bond acceptors (Lipinski definition) is 4. The van der Waals surface area contributed by atoms with Crippen LogP contribution in [0.2, 0.25) is 0 Å². The van der Waals surface area contributed by atoms with Gasteiger partial charge in [0.2, 0.25) is 0 Å². The number of hydrogen-bond donors (Lipinski definition) is 1. The van der Waals surface area contributed by atoms with Crippen molar-refractivity contribution in [2.75, 3.05) is 26.0 Å². The number of nitrogens with one attached hydrogen (secondary N) is 1. The molecule has 0 aliphatic heterocycles. The first-order valence-corrected chi connectivity index (χ1v) is 5.46. The minimum absolute atomic E-state index is 0.485. The summed E-state index contributed by atoms with van der Waals surface area (Å²) in [6, 6.07) is 5.84. The van der Waals surface area contributed by atoms with E-state index in [9.17, 15) is 4.79 Å². The number of aldehydes is 1. The summed E-state index contributed by atoms with van der Waals surface area (Å²) >= 11 is 0. The zero-order valence-corrected chi connectivity index (χ0v) is 10.3. The number of fused-ring (bicyclic) bond motifs is 1. The lowest BCUT2D eigenvalue weighted by molar-refractivity contribution is 0.112. The third-order valence-corrected chi connectivity index (χ3v) is 2.64. The van der Waals surface area contributed by atoms with Crippen molar-refractivity contribution in [1.29, 1.82) is 0 Å². The molecule has 0 fully saturated rings. The molecule has 5 heteroatoms. The molecule has 2 aromatic heterocycles. The second-order valence-electron chi connectivity index (χ2n) is 4.06. The van der Waals surface area contributed by atoms with Crippen LogP contribution in [0.1, 0.15) is 16.3 Å². The summed E-state index contributed by atoms with van der Waals surface area (Å²) < 4.78 is 2.00. The molecule has 0 unspecified atom stereocenters. The smallest absolute Gasteiger partial charge is 0.170 e. The monoisotopic (exact) mass is 232 g/mol. The molecule has 5 nitrogen and oxygen atoms in total. The topological polar surface area (TPSA) is 49.6 Å². The van der Waals surface area contributed by atoms with Gasteiger partial charge in [0.1, 0.15) is 17.3 Å². The normalized spacial score (nSPS) is 10.8. The van der Waals surface area contributed by atoms with E-state index in [0.29, 0.717) is 12.2 Å². The Labute approximate surface area is 100 Å². The van der Waals surface area contributed by atoms with E-state index in [1.54, 1.807) is 0 Å². The van der Waals surface area contributed by atoms with Gasteiger partial charge in [-0.25, -0.2) is 4.98 Å². The highest BCUT2D eigenvalue weighted by atomic mass is 16.1. The predicted octanol–water partition coefficient (Wildman–Crippen LogP) is 0.932. The maximum Gasteiger partial charge on any atom is 0.170 e. The Hall–Kier alpha value is -1.88. The van der Waals surface area contributed by atoms with Gasteiger partial charge >= 0.3 is 0 Å². The molecule has 90 valence electrons. The molecule has 17 heavy (non-hydrogen) atoms. The molecular formula is C12H16N4O. The standard InChI is InChI=1S/C12H16N4O/c1-13-7-11-14-9(8-17)10-5-4-6-12(15(2)3)16(10)11/h4-6,8,13H,7H2,1-3H3. The third kappa shape index (κ3) is 1.89. The van der Waals surface area contributed by atoms with Crippen LogP contribution in [0, 0.1) is 0 Å². The van der Waals surface area contributed by atoms with E-state index in [1.807, 2.05) is 48.6 Å². The molecular weight excluding hydrogens is 216 g/mol. The SMILES string of the molecule is CNCc1nc(C=O)c2cccc(N(C)C)n12. The van der Waals surface area contributed by atoms with E-state index in [-0.39, 0.29) is 0 Å². The summed E-state index contributed by atoms with van der Waals surface area (Å²) in [4.78, 5) is 17.4. The lowest BCUT2D eigenvalue weighted by Gasteiger charge is -2.16. The zero-order valence-electron chi connectivity index (χ0n) is 10.3. The van der Waals surface area contributed by atoms with Crippen LogP contribution in [0.3, 0.4) is 0 Å². The van der Waals surface area contributed by atoms with Crippen molar-refractivity contribution in [3.8, 4) is 0 Å². The van der Waals surface area contributed by atoms with Crippen LogP contribution in [0.5, 0.6) is 0 Å². The van der Waals surface area contributed by atoms with E-state index < -0.39 is 0 Å². The second-order valence-corrected chi connectivity index (χ2v) is 4.06. The first kappa shape index (κ1) is 11.6. The average molecular weight is 232 g/mol. The zero-order chi connectivity index (χ0) is 12.4. The number of imidazole rings is 1. The van der Waals surface area contributed by atoms with E-state index >= 15 is 0 Å². The molecule has 0 aliphatic rings. The number of rotatable bonds is 4. The second kappa shape index (κ2) is 4.55. The number of nitrogens with zero attached hydrogens (tertiary/aromatic N) is 3. The number of anilines is 1. The van der Waals surface area contributed by atoms with Gasteiger partial charge < -0.3 is 10.2 Å². The molecule has 2 aromatic rings. The Kier molecular flexibility index (Phi) is 3.10. The van der Waals surface area contributed by atoms with Crippen LogP contribution < -0.4 is 10.2 Å². The molecule has 0 atom stereocenters. The van der Waals surface area contributed by atoms with Gasteiger partial charge in [0.15, 0.2) is 6.29 Å². The van der Waals surface area contributed by atoms with Gasteiger partial charge in [0.05, 0.1) is 12.1 Å². The highest BCUT2D eigenvalue weighted by Crippen LogP contribution is 2.20. The Morgan fingerprint density at radius 1 is 1.47 bits per heavy atom. The summed E-state index contributed by atoms with van der Waals surface area (Å²) in [5.41, 5.74) is 1.33. The van der Waals surface area contributed by atoms with Crippen LogP contribution in [-0.4, -0.2) is 36.8 Å². The lowest BCUT2D eigenvalue weighted by atomic mass is 10.3. The van der Waals surface area contributed by atoms with E-state index in [1.165, 1.54) is 0 Å². The van der Waals surface area contributed by atoms with Gasteiger partial charge in [0.25, 0.3) is 0 Å². The molecule has 0 saturated carbocycles. The third-order valence-electron chi connectivity index (χ3n) is 2.64. The van der Waals surface area contributed by atoms with Crippen molar-refractivity contribution in [3.63, 3.8) is 0 Å². The average Bonchev–Trinajstić information content (AvgIpc) is 2.68. The van der Waals surface area contributed by atoms with Crippen molar-refractivity contribution < 1.29 is 4.79 Å². The summed E-state index contributed by atoms with van der Waals surface area (Å²) in [5.74, 6) is 1.85. The fourth-order valence-corrected chi connectivity index (χ4v) is 1.93. The van der Waals surface area contributed by atoms with Crippen LogP contribution in [0.25, 0.3) is 5.52 Å². The minimum atomic E-state index is 0.485. The number of pyridine rings is 1. The summed E-state index contributed by atoms with van der Waals surface area (Å²) in [5, 5.41) is 3.06. The number of carbonyl (C=O) groups excluding carboxylic acids is 1. The first-order valence-electron chi connectivity index (χ1n) is 5.46. The number of aromatic nitrogens is 2. The molecule has 2 heterocycles. The maximum absolute atomic E-state index is 11.0. The van der Waals surface area contributed by atoms with Crippen LogP contribution in [0.4, 0.5) is 5.82 Å². The highest BCUT2D eigenvalue weighted by Gasteiger charge is 2.13. The summed E-state index contributed by atoms with van der Waals surface area (Å²) in [6.45, 7) is 0.625. The maximum atomic E-state index is 11.0. The van der Waals surface area contributed by atoms with Gasteiger partial charge in [0, 0.05) is 14.1 Å². The largest absolute Gasteiger partial charge is 0.364 e. The van der Waals surface area contributed by atoms with E-state index in [4.69, 9.17) is 0 Å². The predicted molar refractivity (Wildman–Crippen MR) is 67.7 cm³/mol. The Balaban J connectivity index is 2.76. The van der Waals surface area contributed by atoms with E-state index in [0.717, 1.165) is 23.4 Å². The molecule has 0 radical (unpaired) electrons. The number of carbonyl (C=O) groups is 1. The fourth-order valence-electron chi connectivity index (χ4n) is 1.93. The van der Waals surface area contributed by atoms with Crippen LogP contribution in [-0.2, 0) is 6.54 Å². The Morgan fingerprint density at radius 2 is 2.24 bits per heavy atom. The first-order chi connectivity index (χ1) is 8.19. The lowest BCUT2D eigenvalue weighted by Crippen LogP contribution is -2.16. The molecule has 0 spiro atoms. The van der Waals surface area contributed by atoms with Gasteiger partial charge in [-0.1, -0.05) is 6.07 Å². The quantitative estimate of drug-likeness (QED) is 0.797. The van der Waals surface area contributed by atoms with Gasteiger partial charge in [-0.3, -0.25) is 9.20 Å². The Morgan fingerprint density at radius 3 is 2.82 bits per heavy atom. The molecule has 2 rings (SSSR count). The van der Waals surface area contributed by atoms with Gasteiger partial charge in [-0.05, 0) is 19.2 Å². The van der Waals surface area contributed by atoms with Crippen molar-refractivity contribution in [1.82, 2.24) is 14.7 Å². The van der Waals surface area contributed by atoms with Crippen molar-refractivity contribution in [3.05, 3.63) is 29.7 Å². The van der Waals surface area contributed by atoms with E-state index in [2.05, 4.69) is 10.3 Å². The van der Waals surface area contributed by atoms with Crippen LogP contribution in [0.15, 0.2) is 18.2 Å². The summed E-state index contributed by atoms with van der Waals surface area (Å²) in [7, 11) is 5.80. The highest BCUT2D eigenvalue weighted by molar-refractivity contribution is 5.84. The molecule has 0 amide bonds. The minimum Gasteiger partial charge on any atom is -0.364 e.